The largest absolute Gasteiger partial charge is 0.350 e. The van der Waals surface area contributed by atoms with E-state index in [1.165, 1.54) is 18.4 Å². The predicted molar refractivity (Wildman–Crippen MR) is 121 cm³/mol. The Kier molecular flexibility index (Phi) is 7.15. The van der Waals surface area contributed by atoms with Gasteiger partial charge in [-0.25, -0.2) is 8.42 Å². The fraction of sp³-hybridized carbons (Fsp3) is 0.435. The Bertz CT molecular complexity index is 981. The third kappa shape index (κ3) is 6.06. The SMILES string of the molecule is Cc1ccc(N(CC(=O)NCc2ccc(CN3CCCC3)cc2)S(C)(=O)=O)c(C)c1. The predicted octanol–water partition coefficient (Wildman–Crippen LogP) is 2.98. The van der Waals surface area contributed by atoms with Crippen LogP contribution in [0.1, 0.15) is 35.1 Å². The van der Waals surface area contributed by atoms with Gasteiger partial charge in [-0.1, -0.05) is 42.0 Å². The van der Waals surface area contributed by atoms with Crippen molar-refractivity contribution in [2.75, 3.05) is 30.2 Å². The molecule has 1 amide bonds. The maximum absolute atomic E-state index is 12.5. The monoisotopic (exact) mass is 429 g/mol. The van der Waals surface area contributed by atoms with Gasteiger partial charge in [-0.3, -0.25) is 14.0 Å². The van der Waals surface area contributed by atoms with E-state index < -0.39 is 10.0 Å². The van der Waals surface area contributed by atoms with Crippen molar-refractivity contribution in [3.8, 4) is 0 Å². The van der Waals surface area contributed by atoms with Gasteiger partial charge < -0.3 is 5.32 Å². The van der Waals surface area contributed by atoms with E-state index in [0.29, 0.717) is 12.2 Å². The van der Waals surface area contributed by atoms with E-state index in [0.717, 1.165) is 46.9 Å². The van der Waals surface area contributed by atoms with Crippen molar-refractivity contribution in [1.82, 2.24) is 10.2 Å². The molecule has 1 saturated heterocycles. The zero-order valence-electron chi connectivity index (χ0n) is 18.0. The lowest BCUT2D eigenvalue weighted by Gasteiger charge is -2.24. The van der Waals surface area contributed by atoms with E-state index in [4.69, 9.17) is 0 Å². The highest BCUT2D eigenvalue weighted by molar-refractivity contribution is 7.92. The smallest absolute Gasteiger partial charge is 0.241 e. The normalized spacial score (nSPS) is 14.6. The molecule has 0 atom stereocenters. The quantitative estimate of drug-likeness (QED) is 0.700. The number of benzene rings is 2. The topological polar surface area (TPSA) is 69.7 Å². The van der Waals surface area contributed by atoms with Crippen molar-refractivity contribution in [1.29, 1.82) is 0 Å². The average molecular weight is 430 g/mol. The standard InChI is InChI=1S/C23H31N3O3S/c1-18-6-11-22(19(2)14-18)26(30(3,28)29)17-23(27)24-15-20-7-9-21(10-8-20)16-25-12-4-5-13-25/h6-11,14H,4-5,12-13,15-17H2,1-3H3,(H,24,27). The minimum atomic E-state index is -3.58. The van der Waals surface area contributed by atoms with Gasteiger partial charge in [-0.2, -0.15) is 0 Å². The fourth-order valence-electron chi connectivity index (χ4n) is 3.81. The molecule has 0 saturated carbocycles. The van der Waals surface area contributed by atoms with E-state index in [9.17, 15) is 13.2 Å². The summed E-state index contributed by atoms with van der Waals surface area (Å²) in [6.45, 7) is 7.21. The van der Waals surface area contributed by atoms with Gasteiger partial charge in [-0.05, 0) is 62.5 Å². The lowest BCUT2D eigenvalue weighted by atomic mass is 10.1. The van der Waals surface area contributed by atoms with Gasteiger partial charge in [-0.15, -0.1) is 0 Å². The summed E-state index contributed by atoms with van der Waals surface area (Å²) in [5.74, 6) is -0.332. The molecular formula is C23H31N3O3S. The Balaban J connectivity index is 1.59. The number of hydrogen-bond acceptors (Lipinski definition) is 4. The second kappa shape index (κ2) is 9.62. The van der Waals surface area contributed by atoms with Crippen LogP contribution < -0.4 is 9.62 Å². The summed E-state index contributed by atoms with van der Waals surface area (Å²) in [5.41, 5.74) is 4.66. The molecule has 30 heavy (non-hydrogen) atoms. The number of rotatable bonds is 8. The Labute approximate surface area is 179 Å². The molecule has 3 rings (SSSR count). The zero-order chi connectivity index (χ0) is 21.7. The van der Waals surface area contributed by atoms with Gasteiger partial charge in [0.05, 0.1) is 11.9 Å². The summed E-state index contributed by atoms with van der Waals surface area (Å²) < 4.78 is 25.8. The molecule has 1 N–H and O–H groups in total. The van der Waals surface area contributed by atoms with E-state index >= 15 is 0 Å². The summed E-state index contributed by atoms with van der Waals surface area (Å²) in [5, 5.41) is 2.84. The molecule has 1 fully saturated rings. The Hall–Kier alpha value is -2.38. The number of aryl methyl sites for hydroxylation is 2. The molecule has 2 aromatic carbocycles. The zero-order valence-corrected chi connectivity index (χ0v) is 18.8. The van der Waals surface area contributed by atoms with Crippen LogP contribution in [0.3, 0.4) is 0 Å². The molecule has 2 aromatic rings. The van der Waals surface area contributed by atoms with Crippen molar-refractivity contribution in [3.05, 3.63) is 64.7 Å². The molecule has 0 spiro atoms. The van der Waals surface area contributed by atoms with Gasteiger partial charge in [0.25, 0.3) is 0 Å². The molecule has 162 valence electrons. The number of likely N-dealkylation sites (tertiary alicyclic amines) is 1. The number of carbonyl (C=O) groups excluding carboxylic acids is 1. The van der Waals surface area contributed by atoms with Crippen LogP contribution >= 0.6 is 0 Å². The van der Waals surface area contributed by atoms with Crippen molar-refractivity contribution >= 4 is 21.6 Å². The van der Waals surface area contributed by atoms with Crippen LogP contribution in [0.15, 0.2) is 42.5 Å². The Morgan fingerprint density at radius 2 is 1.67 bits per heavy atom. The Morgan fingerprint density at radius 3 is 2.27 bits per heavy atom. The number of hydrogen-bond donors (Lipinski definition) is 1. The highest BCUT2D eigenvalue weighted by Gasteiger charge is 2.22. The number of nitrogens with zero attached hydrogens (tertiary/aromatic N) is 2. The summed E-state index contributed by atoms with van der Waals surface area (Å²) in [4.78, 5) is 14.9. The second-order valence-electron chi connectivity index (χ2n) is 8.14. The average Bonchev–Trinajstić information content (AvgIpc) is 3.18. The summed E-state index contributed by atoms with van der Waals surface area (Å²) in [6.07, 6.45) is 3.67. The first-order valence-electron chi connectivity index (χ1n) is 10.3. The van der Waals surface area contributed by atoms with E-state index in [-0.39, 0.29) is 12.5 Å². The van der Waals surface area contributed by atoms with Crippen LogP contribution in [0.5, 0.6) is 0 Å². The minimum absolute atomic E-state index is 0.240. The van der Waals surface area contributed by atoms with Crippen molar-refractivity contribution in [3.63, 3.8) is 0 Å². The van der Waals surface area contributed by atoms with Crippen LogP contribution in [0, 0.1) is 13.8 Å². The number of amides is 1. The number of nitrogens with one attached hydrogen (secondary N) is 1. The van der Waals surface area contributed by atoms with Crippen LogP contribution in [0.2, 0.25) is 0 Å². The van der Waals surface area contributed by atoms with Crippen molar-refractivity contribution in [2.45, 2.75) is 39.8 Å². The summed E-state index contributed by atoms with van der Waals surface area (Å²) in [6, 6.07) is 13.7. The van der Waals surface area contributed by atoms with E-state index in [2.05, 4.69) is 22.3 Å². The highest BCUT2D eigenvalue weighted by Crippen LogP contribution is 2.23. The minimum Gasteiger partial charge on any atom is -0.350 e. The first-order chi connectivity index (χ1) is 14.2. The molecule has 0 unspecified atom stereocenters. The molecule has 7 heteroatoms. The molecule has 0 bridgehead atoms. The van der Waals surface area contributed by atoms with Gasteiger partial charge in [0.2, 0.25) is 15.9 Å². The third-order valence-electron chi connectivity index (χ3n) is 5.43. The van der Waals surface area contributed by atoms with Crippen LogP contribution in [-0.4, -0.2) is 45.1 Å². The molecule has 0 aromatic heterocycles. The van der Waals surface area contributed by atoms with Crippen LogP contribution in [0.25, 0.3) is 0 Å². The maximum Gasteiger partial charge on any atom is 0.241 e. The number of carbonyl (C=O) groups is 1. The lowest BCUT2D eigenvalue weighted by molar-refractivity contribution is -0.119. The van der Waals surface area contributed by atoms with Gasteiger partial charge in [0, 0.05) is 13.1 Å². The van der Waals surface area contributed by atoms with Gasteiger partial charge in [0.1, 0.15) is 6.54 Å². The first kappa shape index (κ1) is 22.3. The number of anilines is 1. The lowest BCUT2D eigenvalue weighted by Crippen LogP contribution is -2.40. The summed E-state index contributed by atoms with van der Waals surface area (Å²) in [7, 11) is -3.58. The van der Waals surface area contributed by atoms with E-state index in [1.807, 2.05) is 38.1 Å². The van der Waals surface area contributed by atoms with Crippen LogP contribution in [-0.2, 0) is 27.9 Å². The molecule has 0 aliphatic carbocycles. The third-order valence-corrected chi connectivity index (χ3v) is 6.55. The molecule has 1 aliphatic rings. The molecular weight excluding hydrogens is 398 g/mol. The van der Waals surface area contributed by atoms with Crippen molar-refractivity contribution in [2.24, 2.45) is 0 Å². The molecule has 0 radical (unpaired) electrons. The van der Waals surface area contributed by atoms with Crippen molar-refractivity contribution < 1.29 is 13.2 Å². The Morgan fingerprint density at radius 1 is 1.03 bits per heavy atom. The highest BCUT2D eigenvalue weighted by atomic mass is 32.2. The molecule has 1 aliphatic heterocycles. The molecule has 1 heterocycles. The fourth-order valence-corrected chi connectivity index (χ4v) is 4.73. The first-order valence-corrected chi connectivity index (χ1v) is 12.2. The van der Waals surface area contributed by atoms with Gasteiger partial charge >= 0.3 is 0 Å². The van der Waals surface area contributed by atoms with Gasteiger partial charge in [0.15, 0.2) is 0 Å². The van der Waals surface area contributed by atoms with Crippen LogP contribution in [0.4, 0.5) is 5.69 Å². The maximum atomic E-state index is 12.5. The summed E-state index contributed by atoms with van der Waals surface area (Å²) >= 11 is 0. The second-order valence-corrected chi connectivity index (χ2v) is 10.0. The molecule has 6 nitrogen and oxygen atoms in total. The number of sulfonamides is 1. The van der Waals surface area contributed by atoms with E-state index in [1.54, 1.807) is 6.07 Å².